The van der Waals surface area contributed by atoms with Crippen molar-refractivity contribution in [3.8, 4) is 0 Å². The predicted molar refractivity (Wildman–Crippen MR) is 81.7 cm³/mol. The maximum atomic E-state index is 4.70. The first-order chi connectivity index (χ1) is 9.76. The van der Waals surface area contributed by atoms with Crippen molar-refractivity contribution in [1.29, 1.82) is 0 Å². The first kappa shape index (κ1) is 13.6. The summed E-state index contributed by atoms with van der Waals surface area (Å²) in [6.07, 6.45) is 5.45. The molecule has 2 aromatic heterocycles. The fraction of sp³-hybridized carbons (Fsp3) is 0.562. The van der Waals surface area contributed by atoms with Crippen LogP contribution in [0.25, 0.3) is 5.65 Å². The molecule has 1 N–H and O–H groups in total. The Hall–Kier alpha value is -1.39. The topological polar surface area (TPSA) is 32.6 Å². The van der Waals surface area contributed by atoms with E-state index in [-0.39, 0.29) is 0 Å². The lowest BCUT2D eigenvalue weighted by Crippen LogP contribution is -2.52. The molecule has 0 saturated carbocycles. The fourth-order valence-electron chi connectivity index (χ4n) is 2.94. The van der Waals surface area contributed by atoms with Crippen molar-refractivity contribution < 1.29 is 0 Å². The Balaban J connectivity index is 1.67. The SMILES string of the molecule is CCC(C)C1CN(Cc2cn3ccccc3n2)CCN1. The van der Waals surface area contributed by atoms with E-state index in [1.807, 2.05) is 12.1 Å². The molecule has 108 valence electrons. The molecule has 2 atom stereocenters. The number of piperazine rings is 1. The second-order valence-corrected chi connectivity index (χ2v) is 5.88. The Morgan fingerprint density at radius 2 is 2.35 bits per heavy atom. The zero-order valence-electron chi connectivity index (χ0n) is 12.4. The summed E-state index contributed by atoms with van der Waals surface area (Å²) in [6.45, 7) is 8.89. The lowest BCUT2D eigenvalue weighted by Gasteiger charge is -2.36. The van der Waals surface area contributed by atoms with Gasteiger partial charge < -0.3 is 9.72 Å². The molecule has 2 unspecified atom stereocenters. The maximum Gasteiger partial charge on any atom is 0.137 e. The van der Waals surface area contributed by atoms with Crippen LogP contribution in [0.2, 0.25) is 0 Å². The Morgan fingerprint density at radius 1 is 1.45 bits per heavy atom. The quantitative estimate of drug-likeness (QED) is 0.925. The van der Waals surface area contributed by atoms with E-state index in [1.54, 1.807) is 0 Å². The van der Waals surface area contributed by atoms with Gasteiger partial charge in [0.15, 0.2) is 0 Å². The molecular weight excluding hydrogens is 248 g/mol. The molecule has 1 fully saturated rings. The standard InChI is InChI=1S/C16H24N4/c1-3-13(2)15-12-19(9-7-17-15)10-14-11-20-8-5-4-6-16(20)18-14/h4-6,8,11,13,15,17H,3,7,9-10,12H2,1-2H3. The number of hydrogen-bond acceptors (Lipinski definition) is 3. The molecule has 0 spiro atoms. The largest absolute Gasteiger partial charge is 0.311 e. The van der Waals surface area contributed by atoms with E-state index < -0.39 is 0 Å². The molecule has 4 heteroatoms. The van der Waals surface area contributed by atoms with Crippen LogP contribution in [0, 0.1) is 5.92 Å². The number of nitrogens with one attached hydrogen (secondary N) is 1. The summed E-state index contributed by atoms with van der Waals surface area (Å²) in [5.74, 6) is 0.735. The summed E-state index contributed by atoms with van der Waals surface area (Å²) in [5, 5.41) is 3.64. The van der Waals surface area contributed by atoms with Crippen LogP contribution in [0.1, 0.15) is 26.0 Å². The van der Waals surface area contributed by atoms with Gasteiger partial charge in [0.05, 0.1) is 5.69 Å². The summed E-state index contributed by atoms with van der Waals surface area (Å²) in [4.78, 5) is 7.22. The summed E-state index contributed by atoms with van der Waals surface area (Å²) >= 11 is 0. The molecular formula is C16H24N4. The van der Waals surface area contributed by atoms with Gasteiger partial charge in [-0.05, 0) is 18.1 Å². The minimum absolute atomic E-state index is 0.616. The van der Waals surface area contributed by atoms with Gasteiger partial charge in [0.2, 0.25) is 0 Å². The van der Waals surface area contributed by atoms with Crippen molar-refractivity contribution in [1.82, 2.24) is 19.6 Å². The molecule has 1 saturated heterocycles. The van der Waals surface area contributed by atoms with Gasteiger partial charge in [-0.2, -0.15) is 0 Å². The van der Waals surface area contributed by atoms with Crippen LogP contribution in [0.3, 0.4) is 0 Å². The van der Waals surface area contributed by atoms with Gasteiger partial charge in [-0.3, -0.25) is 4.90 Å². The van der Waals surface area contributed by atoms with E-state index in [9.17, 15) is 0 Å². The second-order valence-electron chi connectivity index (χ2n) is 5.88. The lowest BCUT2D eigenvalue weighted by molar-refractivity contribution is 0.161. The van der Waals surface area contributed by atoms with E-state index in [4.69, 9.17) is 4.98 Å². The highest BCUT2D eigenvalue weighted by molar-refractivity contribution is 5.39. The normalized spacial score (nSPS) is 22.2. The van der Waals surface area contributed by atoms with E-state index in [2.05, 4.69) is 46.9 Å². The molecule has 3 rings (SSSR count). The highest BCUT2D eigenvalue weighted by Gasteiger charge is 2.23. The lowest BCUT2D eigenvalue weighted by atomic mass is 9.97. The van der Waals surface area contributed by atoms with Crippen LogP contribution >= 0.6 is 0 Å². The number of hydrogen-bond donors (Lipinski definition) is 1. The molecule has 0 bridgehead atoms. The highest BCUT2D eigenvalue weighted by Crippen LogP contribution is 2.14. The van der Waals surface area contributed by atoms with Crippen molar-refractivity contribution in [2.45, 2.75) is 32.9 Å². The van der Waals surface area contributed by atoms with Crippen molar-refractivity contribution in [2.75, 3.05) is 19.6 Å². The van der Waals surface area contributed by atoms with Gasteiger partial charge in [-0.25, -0.2) is 4.98 Å². The predicted octanol–water partition coefficient (Wildman–Crippen LogP) is 2.15. The number of pyridine rings is 1. The van der Waals surface area contributed by atoms with Crippen LogP contribution in [-0.4, -0.2) is 40.0 Å². The number of nitrogens with zero attached hydrogens (tertiary/aromatic N) is 3. The molecule has 1 aliphatic rings. The summed E-state index contributed by atoms with van der Waals surface area (Å²) < 4.78 is 2.10. The molecule has 0 aliphatic carbocycles. The van der Waals surface area contributed by atoms with E-state index in [1.165, 1.54) is 12.1 Å². The number of aromatic nitrogens is 2. The van der Waals surface area contributed by atoms with Crippen molar-refractivity contribution in [3.63, 3.8) is 0 Å². The fourth-order valence-corrected chi connectivity index (χ4v) is 2.94. The zero-order chi connectivity index (χ0) is 13.9. The van der Waals surface area contributed by atoms with Crippen LogP contribution < -0.4 is 5.32 Å². The van der Waals surface area contributed by atoms with Crippen molar-refractivity contribution >= 4 is 5.65 Å². The van der Waals surface area contributed by atoms with Crippen LogP contribution in [0.4, 0.5) is 0 Å². The highest BCUT2D eigenvalue weighted by atomic mass is 15.2. The summed E-state index contributed by atoms with van der Waals surface area (Å²) in [7, 11) is 0. The third kappa shape index (κ3) is 2.86. The molecule has 1 aliphatic heterocycles. The number of rotatable bonds is 4. The van der Waals surface area contributed by atoms with Crippen molar-refractivity contribution in [3.05, 3.63) is 36.3 Å². The van der Waals surface area contributed by atoms with Gasteiger partial charge in [-0.1, -0.05) is 26.3 Å². The minimum atomic E-state index is 0.616. The molecule has 0 amide bonds. The minimum Gasteiger partial charge on any atom is -0.311 e. The zero-order valence-corrected chi connectivity index (χ0v) is 12.4. The monoisotopic (exact) mass is 272 g/mol. The van der Waals surface area contributed by atoms with Crippen molar-refractivity contribution in [2.24, 2.45) is 5.92 Å². The summed E-state index contributed by atoms with van der Waals surface area (Å²) in [5.41, 5.74) is 2.21. The maximum absolute atomic E-state index is 4.70. The van der Waals surface area contributed by atoms with Crippen LogP contribution in [0.5, 0.6) is 0 Å². The first-order valence-corrected chi connectivity index (χ1v) is 7.64. The second kappa shape index (κ2) is 5.94. The molecule has 3 heterocycles. The third-order valence-electron chi connectivity index (χ3n) is 4.42. The molecule has 2 aromatic rings. The van der Waals surface area contributed by atoms with Crippen LogP contribution in [0.15, 0.2) is 30.6 Å². The molecule has 0 radical (unpaired) electrons. The average Bonchev–Trinajstić information content (AvgIpc) is 2.88. The van der Waals surface area contributed by atoms with Gasteiger partial charge in [0.25, 0.3) is 0 Å². The Morgan fingerprint density at radius 3 is 3.15 bits per heavy atom. The van der Waals surface area contributed by atoms with Gasteiger partial charge >= 0.3 is 0 Å². The van der Waals surface area contributed by atoms with E-state index >= 15 is 0 Å². The van der Waals surface area contributed by atoms with Gasteiger partial charge in [0.1, 0.15) is 5.65 Å². The van der Waals surface area contributed by atoms with Gasteiger partial charge in [-0.15, -0.1) is 0 Å². The smallest absolute Gasteiger partial charge is 0.137 e. The molecule has 20 heavy (non-hydrogen) atoms. The van der Waals surface area contributed by atoms with E-state index in [0.29, 0.717) is 6.04 Å². The Kier molecular flexibility index (Phi) is 4.03. The van der Waals surface area contributed by atoms with Crippen LogP contribution in [-0.2, 0) is 6.54 Å². The molecule has 4 nitrogen and oxygen atoms in total. The van der Waals surface area contributed by atoms with Gasteiger partial charge in [0, 0.05) is 44.6 Å². The average molecular weight is 272 g/mol. The summed E-state index contributed by atoms with van der Waals surface area (Å²) in [6, 6.07) is 6.76. The molecule has 0 aromatic carbocycles. The Labute approximate surface area is 120 Å². The Bertz CT molecular complexity index is 529. The van der Waals surface area contributed by atoms with E-state index in [0.717, 1.165) is 37.7 Å². The first-order valence-electron chi connectivity index (χ1n) is 7.64. The number of imidazole rings is 1. The third-order valence-corrected chi connectivity index (χ3v) is 4.42. The number of fused-ring (bicyclic) bond motifs is 1.